The highest BCUT2D eigenvalue weighted by atomic mass is 31.2. The average molecular weight is 603 g/mol. The van der Waals surface area contributed by atoms with Gasteiger partial charge in [0.2, 0.25) is 5.89 Å². The van der Waals surface area contributed by atoms with Crippen LogP contribution in [0.15, 0.2) is 59.7 Å². The van der Waals surface area contributed by atoms with Crippen molar-refractivity contribution in [3.63, 3.8) is 0 Å². The predicted molar refractivity (Wildman–Crippen MR) is 148 cm³/mol. The van der Waals surface area contributed by atoms with Gasteiger partial charge in [0.1, 0.15) is 53.7 Å². The molecule has 5 N–H and O–H groups in total. The molecule has 42 heavy (non-hydrogen) atoms. The number of oxazole rings is 1. The number of anilines is 1. The fourth-order valence-electron chi connectivity index (χ4n) is 4.62. The summed E-state index contributed by atoms with van der Waals surface area (Å²) in [5, 5.41) is 25.5. The van der Waals surface area contributed by atoms with Crippen LogP contribution in [0.2, 0.25) is 0 Å². The van der Waals surface area contributed by atoms with Crippen LogP contribution in [0, 0.1) is 0 Å². The first-order valence-electron chi connectivity index (χ1n) is 13.0. The van der Waals surface area contributed by atoms with E-state index in [1.165, 1.54) is 37.2 Å². The average Bonchev–Trinajstić information content (AvgIpc) is 3.67. The molecule has 4 aromatic rings. The van der Waals surface area contributed by atoms with Crippen LogP contribution in [-0.4, -0.2) is 72.8 Å². The standard InChI is InChI=1S/C26H31N6O9P/c1-4-37-24(34)15(2)31-42(36,41-16-8-6-5-7-9-16)39-13-18-20(33)26(3,35)25(40-18)32-12-17(23-28-10-11-38-23)19-21(27)29-14-30-22(19)32/h5-12,14-15,18,20,25,33,35H,4,13H2,1-3H3,(H,31,36)(H2,27,29,30)/t15?,18-,20+,25-,26-,42?/m1/s1. The number of aromatic nitrogens is 4. The highest BCUT2D eigenvalue weighted by Crippen LogP contribution is 2.48. The van der Waals surface area contributed by atoms with Crippen LogP contribution in [0.1, 0.15) is 27.0 Å². The van der Waals surface area contributed by atoms with Crippen molar-refractivity contribution in [2.75, 3.05) is 18.9 Å². The number of benzene rings is 1. The topological polar surface area (TPSA) is 206 Å². The summed E-state index contributed by atoms with van der Waals surface area (Å²) < 4.78 is 43.1. The number of ether oxygens (including phenoxy) is 2. The molecule has 0 aliphatic carbocycles. The number of aliphatic hydroxyl groups excluding tert-OH is 1. The normalized spacial score (nSPS) is 24.4. The number of rotatable bonds is 11. The van der Waals surface area contributed by atoms with Crippen LogP contribution in [0.4, 0.5) is 5.82 Å². The van der Waals surface area contributed by atoms with E-state index in [2.05, 4.69) is 20.0 Å². The lowest BCUT2D eigenvalue weighted by Crippen LogP contribution is -2.44. The zero-order valence-electron chi connectivity index (χ0n) is 23.0. The molecule has 6 atom stereocenters. The SMILES string of the molecule is CCOC(=O)C(C)NP(=O)(OC[C@H]1O[C@@H](n2cc(-c3ncco3)c3c(N)ncnc32)[C@](C)(O)[C@H]1O)Oc1ccccc1. The van der Waals surface area contributed by atoms with Crippen molar-refractivity contribution in [3.8, 4) is 17.2 Å². The maximum absolute atomic E-state index is 13.8. The Morgan fingerprint density at radius 2 is 2.05 bits per heavy atom. The minimum absolute atomic E-state index is 0.122. The van der Waals surface area contributed by atoms with E-state index in [1.54, 1.807) is 43.5 Å². The molecule has 0 bridgehead atoms. The Bertz CT molecular complexity index is 1580. The van der Waals surface area contributed by atoms with Crippen molar-refractivity contribution in [1.29, 1.82) is 0 Å². The van der Waals surface area contributed by atoms with Gasteiger partial charge in [0.05, 0.1) is 30.4 Å². The summed E-state index contributed by atoms with van der Waals surface area (Å²) in [7, 11) is -4.25. The third-order valence-electron chi connectivity index (χ3n) is 6.68. The summed E-state index contributed by atoms with van der Waals surface area (Å²) in [6.45, 7) is 4.09. The Balaban J connectivity index is 1.41. The van der Waals surface area contributed by atoms with Gasteiger partial charge in [-0.25, -0.2) is 19.5 Å². The number of nitrogens with one attached hydrogen (secondary N) is 1. The number of nitrogens with zero attached hydrogens (tertiary/aromatic N) is 4. The lowest BCUT2D eigenvalue weighted by molar-refractivity contribution is -0.144. The third kappa shape index (κ3) is 5.75. The largest absolute Gasteiger partial charge is 0.465 e. The first kappa shape index (κ1) is 29.6. The Morgan fingerprint density at radius 1 is 1.29 bits per heavy atom. The molecule has 5 rings (SSSR count). The molecule has 2 unspecified atom stereocenters. The number of fused-ring (bicyclic) bond motifs is 1. The number of esters is 1. The summed E-state index contributed by atoms with van der Waals surface area (Å²) in [5.41, 5.74) is 4.99. The van der Waals surface area contributed by atoms with Crippen molar-refractivity contribution in [2.24, 2.45) is 0 Å². The molecule has 0 spiro atoms. The molecular formula is C26H31N6O9P. The first-order chi connectivity index (χ1) is 20.0. The van der Waals surface area contributed by atoms with Gasteiger partial charge in [-0.15, -0.1) is 0 Å². The van der Waals surface area contributed by atoms with Crippen LogP contribution >= 0.6 is 7.75 Å². The summed E-state index contributed by atoms with van der Waals surface area (Å²) >= 11 is 0. The van der Waals surface area contributed by atoms with Crippen molar-refractivity contribution < 1.29 is 42.5 Å². The molecule has 0 saturated carbocycles. The quantitative estimate of drug-likeness (QED) is 0.144. The van der Waals surface area contributed by atoms with Gasteiger partial charge in [0.15, 0.2) is 6.23 Å². The van der Waals surface area contributed by atoms with E-state index >= 15 is 0 Å². The minimum atomic E-state index is -4.25. The number of hydrogen-bond acceptors (Lipinski definition) is 13. The van der Waals surface area contributed by atoms with Crippen LogP contribution in [0.5, 0.6) is 5.75 Å². The Kier molecular flexibility index (Phi) is 8.32. The zero-order valence-corrected chi connectivity index (χ0v) is 23.9. The smallest absolute Gasteiger partial charge is 0.459 e. The number of nitrogens with two attached hydrogens (primary N) is 1. The number of aliphatic hydroxyl groups is 2. The van der Waals surface area contributed by atoms with E-state index in [4.69, 9.17) is 28.7 Å². The second-order valence-corrected chi connectivity index (χ2v) is 11.4. The fraction of sp³-hybridized carbons (Fsp3) is 0.385. The maximum Gasteiger partial charge on any atom is 0.459 e. The van der Waals surface area contributed by atoms with Crippen LogP contribution in [0.3, 0.4) is 0 Å². The first-order valence-corrected chi connectivity index (χ1v) is 14.6. The summed E-state index contributed by atoms with van der Waals surface area (Å²) in [6, 6.07) is 7.15. The Hall–Kier alpha value is -3.85. The number of hydrogen-bond donors (Lipinski definition) is 4. The molecule has 1 aliphatic heterocycles. The summed E-state index contributed by atoms with van der Waals surface area (Å²) in [6.07, 6.45) is 1.76. The Morgan fingerprint density at radius 3 is 2.74 bits per heavy atom. The van der Waals surface area contributed by atoms with Crippen LogP contribution in [0.25, 0.3) is 22.5 Å². The molecule has 4 heterocycles. The summed E-state index contributed by atoms with van der Waals surface area (Å²) in [5.74, 6) is -0.0806. The predicted octanol–water partition coefficient (Wildman–Crippen LogP) is 2.42. The lowest BCUT2D eigenvalue weighted by atomic mass is 9.96. The van der Waals surface area contributed by atoms with Crippen LogP contribution in [-0.2, 0) is 23.4 Å². The van der Waals surface area contributed by atoms with Gasteiger partial charge in [-0.05, 0) is 32.9 Å². The second-order valence-electron chi connectivity index (χ2n) is 9.74. The molecule has 224 valence electrons. The molecule has 1 saturated heterocycles. The highest BCUT2D eigenvalue weighted by molar-refractivity contribution is 7.52. The molecular weight excluding hydrogens is 571 g/mol. The van der Waals surface area contributed by atoms with Crippen molar-refractivity contribution in [2.45, 2.75) is 50.8 Å². The number of carbonyl (C=O) groups excluding carboxylic acids is 1. The molecule has 3 aromatic heterocycles. The zero-order chi connectivity index (χ0) is 30.1. The second kappa shape index (κ2) is 11.8. The molecule has 16 heteroatoms. The fourth-order valence-corrected chi connectivity index (χ4v) is 6.12. The van der Waals surface area contributed by atoms with Gasteiger partial charge >= 0.3 is 13.7 Å². The van der Waals surface area contributed by atoms with E-state index < -0.39 is 50.4 Å². The number of carbonyl (C=O) groups is 1. The van der Waals surface area contributed by atoms with Gasteiger partial charge < -0.3 is 38.9 Å². The van der Waals surface area contributed by atoms with Crippen molar-refractivity contribution in [1.82, 2.24) is 24.6 Å². The van der Waals surface area contributed by atoms with Gasteiger partial charge in [-0.1, -0.05) is 18.2 Å². The molecule has 15 nitrogen and oxygen atoms in total. The number of para-hydroxylation sites is 1. The van der Waals surface area contributed by atoms with E-state index in [-0.39, 0.29) is 29.7 Å². The molecule has 0 radical (unpaired) electrons. The lowest BCUT2D eigenvalue weighted by Gasteiger charge is -2.27. The van der Waals surface area contributed by atoms with Gasteiger partial charge in [0.25, 0.3) is 0 Å². The summed E-state index contributed by atoms with van der Waals surface area (Å²) in [4.78, 5) is 24.8. The Labute approximate surface area is 240 Å². The third-order valence-corrected chi connectivity index (χ3v) is 8.32. The number of nitrogen functional groups attached to an aromatic ring is 1. The van der Waals surface area contributed by atoms with E-state index in [0.29, 0.717) is 10.9 Å². The minimum Gasteiger partial charge on any atom is -0.465 e. The molecule has 1 aliphatic rings. The van der Waals surface area contributed by atoms with Gasteiger partial charge in [0, 0.05) is 6.20 Å². The molecule has 1 fully saturated rings. The van der Waals surface area contributed by atoms with Crippen LogP contribution < -0.4 is 15.3 Å². The van der Waals surface area contributed by atoms with E-state index in [0.717, 1.165) is 0 Å². The maximum atomic E-state index is 13.8. The molecule has 1 aromatic carbocycles. The monoisotopic (exact) mass is 602 g/mol. The highest BCUT2D eigenvalue weighted by Gasteiger charge is 2.54. The van der Waals surface area contributed by atoms with E-state index in [1.807, 2.05) is 0 Å². The van der Waals surface area contributed by atoms with Crippen molar-refractivity contribution >= 4 is 30.6 Å². The molecule has 0 amide bonds. The van der Waals surface area contributed by atoms with Crippen molar-refractivity contribution in [3.05, 3.63) is 55.3 Å². The van der Waals surface area contributed by atoms with E-state index in [9.17, 15) is 19.6 Å². The van der Waals surface area contributed by atoms with Gasteiger partial charge in [-0.2, -0.15) is 5.09 Å². The van der Waals surface area contributed by atoms with Gasteiger partial charge in [-0.3, -0.25) is 9.32 Å².